The summed E-state index contributed by atoms with van der Waals surface area (Å²) in [5, 5.41) is 1.10. The molecule has 0 aliphatic carbocycles. The average molecular weight is 288 g/mol. The van der Waals surface area contributed by atoms with Crippen LogP contribution in [0, 0.1) is 0 Å². The lowest BCUT2D eigenvalue weighted by Crippen LogP contribution is -2.26. The minimum atomic E-state index is -3.46. The van der Waals surface area contributed by atoms with Crippen molar-refractivity contribution in [2.75, 3.05) is 4.31 Å². The Morgan fingerprint density at radius 3 is 2.47 bits per heavy atom. The normalized spacial score (nSPS) is 18.1. The van der Waals surface area contributed by atoms with E-state index in [-0.39, 0.29) is 5.95 Å². The van der Waals surface area contributed by atoms with E-state index in [1.807, 2.05) is 0 Å². The first kappa shape index (κ1) is 10.3. The molecule has 0 bridgehead atoms. The summed E-state index contributed by atoms with van der Waals surface area (Å²) in [6.45, 7) is 0. The number of halogens is 1. The number of anilines is 1. The van der Waals surface area contributed by atoms with Crippen LogP contribution in [0.15, 0.2) is 40.6 Å². The second-order valence-electron chi connectivity index (χ2n) is 2.71. The van der Waals surface area contributed by atoms with E-state index < -0.39 is 10.0 Å². The Morgan fingerprint density at radius 2 is 1.87 bits per heavy atom. The summed E-state index contributed by atoms with van der Waals surface area (Å²) in [5.41, 5.74) is 0. The number of hydrogen-bond donors (Lipinski definition) is 0. The molecule has 2 rings (SSSR count). The van der Waals surface area contributed by atoms with Crippen LogP contribution in [-0.2, 0) is 10.0 Å². The van der Waals surface area contributed by atoms with Gasteiger partial charge in [-0.2, -0.15) is 0 Å². The summed E-state index contributed by atoms with van der Waals surface area (Å²) in [4.78, 5) is 7.80. The van der Waals surface area contributed by atoms with Crippen molar-refractivity contribution in [3.63, 3.8) is 0 Å². The van der Waals surface area contributed by atoms with Crippen LogP contribution in [0.3, 0.4) is 0 Å². The van der Waals surface area contributed by atoms with Crippen molar-refractivity contribution in [2.24, 2.45) is 0 Å². The minimum absolute atomic E-state index is 0.124. The Labute approximate surface area is 95.3 Å². The molecule has 1 aliphatic heterocycles. The summed E-state index contributed by atoms with van der Waals surface area (Å²) in [5.74, 6) is 0.124. The summed E-state index contributed by atoms with van der Waals surface area (Å²) in [6, 6.07) is 0. The highest BCUT2D eigenvalue weighted by atomic mass is 79.9. The Balaban J connectivity index is 2.44. The lowest BCUT2D eigenvalue weighted by Gasteiger charge is -2.17. The number of nitrogens with zero attached hydrogens (tertiary/aromatic N) is 3. The molecule has 0 saturated heterocycles. The SMILES string of the molecule is O=S1(=O)C=CC=CN1c1ncc(Br)cn1. The third kappa shape index (κ3) is 2.07. The van der Waals surface area contributed by atoms with Crippen LogP contribution in [0.4, 0.5) is 5.95 Å². The molecule has 0 radical (unpaired) electrons. The van der Waals surface area contributed by atoms with Crippen LogP contribution in [0.5, 0.6) is 0 Å². The first-order valence-electron chi connectivity index (χ1n) is 3.96. The van der Waals surface area contributed by atoms with Crippen LogP contribution in [0.2, 0.25) is 0 Å². The molecule has 0 spiro atoms. The van der Waals surface area contributed by atoms with Crippen molar-refractivity contribution >= 4 is 31.9 Å². The maximum Gasteiger partial charge on any atom is 0.263 e. The lowest BCUT2D eigenvalue weighted by molar-refractivity contribution is 0.603. The highest BCUT2D eigenvalue weighted by Gasteiger charge is 2.21. The first-order valence-corrected chi connectivity index (χ1v) is 6.26. The second-order valence-corrected chi connectivity index (χ2v) is 5.32. The predicted octanol–water partition coefficient (Wildman–Crippen LogP) is 1.42. The Kier molecular flexibility index (Phi) is 2.57. The average Bonchev–Trinajstić information content (AvgIpc) is 2.19. The molecule has 5 nitrogen and oxygen atoms in total. The first-order chi connectivity index (χ1) is 7.09. The number of hydrogen-bond acceptors (Lipinski definition) is 4. The summed E-state index contributed by atoms with van der Waals surface area (Å²) >= 11 is 3.17. The quantitative estimate of drug-likeness (QED) is 0.784. The van der Waals surface area contributed by atoms with Crippen LogP contribution in [0.25, 0.3) is 0 Å². The van der Waals surface area contributed by atoms with E-state index in [2.05, 4.69) is 25.9 Å². The lowest BCUT2D eigenvalue weighted by atomic mass is 10.6. The molecule has 2 heterocycles. The van der Waals surface area contributed by atoms with E-state index in [4.69, 9.17) is 0 Å². The third-order valence-electron chi connectivity index (χ3n) is 1.66. The van der Waals surface area contributed by atoms with Crippen LogP contribution < -0.4 is 4.31 Å². The zero-order chi connectivity index (χ0) is 10.9. The van der Waals surface area contributed by atoms with Gasteiger partial charge in [0.05, 0.1) is 9.88 Å². The molecule has 1 aliphatic rings. The number of allylic oxidation sites excluding steroid dienone is 2. The van der Waals surface area contributed by atoms with Gasteiger partial charge in [-0.25, -0.2) is 22.7 Å². The van der Waals surface area contributed by atoms with Crippen molar-refractivity contribution in [3.8, 4) is 0 Å². The van der Waals surface area contributed by atoms with Crippen molar-refractivity contribution in [3.05, 3.63) is 40.6 Å². The fourth-order valence-electron chi connectivity index (χ4n) is 1.02. The molecule has 7 heteroatoms. The maximum absolute atomic E-state index is 11.6. The largest absolute Gasteiger partial charge is 0.263 e. The second kappa shape index (κ2) is 3.74. The number of sulfonamides is 1. The molecule has 0 atom stereocenters. The molecule has 78 valence electrons. The highest BCUT2D eigenvalue weighted by Crippen LogP contribution is 2.18. The molecular formula is C8H6BrN3O2S. The van der Waals surface area contributed by atoms with Gasteiger partial charge < -0.3 is 0 Å². The monoisotopic (exact) mass is 287 g/mol. The van der Waals surface area contributed by atoms with Gasteiger partial charge in [0.1, 0.15) is 0 Å². The Hall–Kier alpha value is -1.21. The van der Waals surface area contributed by atoms with Crippen LogP contribution >= 0.6 is 15.9 Å². The molecule has 1 aromatic heterocycles. The van der Waals surface area contributed by atoms with Crippen LogP contribution in [-0.4, -0.2) is 18.4 Å². The molecule has 0 fully saturated rings. The van der Waals surface area contributed by atoms with Crippen molar-refractivity contribution in [1.29, 1.82) is 0 Å². The van der Waals surface area contributed by atoms with Crippen molar-refractivity contribution in [1.82, 2.24) is 9.97 Å². The van der Waals surface area contributed by atoms with Crippen molar-refractivity contribution < 1.29 is 8.42 Å². The van der Waals surface area contributed by atoms with Gasteiger partial charge >= 0.3 is 0 Å². The van der Waals surface area contributed by atoms with E-state index in [0.717, 1.165) is 9.71 Å². The van der Waals surface area contributed by atoms with E-state index in [9.17, 15) is 8.42 Å². The van der Waals surface area contributed by atoms with Gasteiger partial charge in [-0.3, -0.25) is 0 Å². The highest BCUT2D eigenvalue weighted by molar-refractivity contribution is 9.10. The Bertz CT molecular complexity index is 521. The van der Waals surface area contributed by atoms with Crippen molar-refractivity contribution in [2.45, 2.75) is 0 Å². The van der Waals surface area contributed by atoms with Crippen LogP contribution in [0.1, 0.15) is 0 Å². The third-order valence-corrected chi connectivity index (χ3v) is 3.41. The van der Waals surface area contributed by atoms with Gasteiger partial charge in [-0.05, 0) is 28.1 Å². The fraction of sp³-hybridized carbons (Fsp3) is 0. The van der Waals surface area contributed by atoms with E-state index in [1.165, 1.54) is 24.7 Å². The van der Waals surface area contributed by atoms with Gasteiger partial charge in [0, 0.05) is 18.6 Å². The van der Waals surface area contributed by atoms with Gasteiger partial charge in [-0.15, -0.1) is 0 Å². The van der Waals surface area contributed by atoms with E-state index >= 15 is 0 Å². The molecule has 15 heavy (non-hydrogen) atoms. The molecule has 0 unspecified atom stereocenters. The fourth-order valence-corrected chi connectivity index (χ4v) is 2.21. The summed E-state index contributed by atoms with van der Waals surface area (Å²) < 4.78 is 24.8. The molecular weight excluding hydrogens is 282 g/mol. The molecule has 1 aromatic rings. The number of rotatable bonds is 1. The standard InChI is InChI=1S/C8H6BrN3O2S/c9-7-5-10-8(11-6-7)12-3-1-2-4-15(12,13)14/h1-6H. The summed E-state index contributed by atoms with van der Waals surface area (Å²) in [6.07, 6.45) is 7.43. The molecule has 0 N–H and O–H groups in total. The van der Waals surface area contributed by atoms with E-state index in [1.54, 1.807) is 6.08 Å². The van der Waals surface area contributed by atoms with Gasteiger partial charge in [0.2, 0.25) is 5.95 Å². The maximum atomic E-state index is 11.6. The molecule has 0 aromatic carbocycles. The number of aromatic nitrogens is 2. The zero-order valence-electron chi connectivity index (χ0n) is 7.41. The van der Waals surface area contributed by atoms with Gasteiger partial charge in [0.15, 0.2) is 0 Å². The molecule has 0 saturated carbocycles. The van der Waals surface area contributed by atoms with Gasteiger partial charge in [-0.1, -0.05) is 0 Å². The van der Waals surface area contributed by atoms with Gasteiger partial charge in [0.25, 0.3) is 10.0 Å². The minimum Gasteiger partial charge on any atom is -0.219 e. The van der Waals surface area contributed by atoms with E-state index in [0.29, 0.717) is 4.47 Å². The molecule has 0 amide bonds. The summed E-state index contributed by atoms with van der Waals surface area (Å²) in [7, 11) is -3.46. The predicted molar refractivity (Wildman–Crippen MR) is 59.4 cm³/mol. The Morgan fingerprint density at radius 1 is 1.20 bits per heavy atom. The smallest absolute Gasteiger partial charge is 0.219 e. The zero-order valence-corrected chi connectivity index (χ0v) is 9.81. The topological polar surface area (TPSA) is 63.2 Å².